The molecule has 0 bridgehead atoms. The van der Waals surface area contributed by atoms with Crippen molar-refractivity contribution < 1.29 is 14.2 Å². The Morgan fingerprint density at radius 1 is 0.720 bits per heavy atom. The smallest absolute Gasteiger partial charge is 0.105 e. The Kier molecular flexibility index (Phi) is 14.7. The fraction of sp³-hybridized carbons (Fsp3) is 0.727. The van der Waals surface area contributed by atoms with Gasteiger partial charge in [-0.15, -0.1) is 0 Å². The molecule has 1 aromatic carbocycles. The number of benzene rings is 1. The van der Waals surface area contributed by atoms with Gasteiger partial charge in [-0.25, -0.2) is 0 Å². The third-order valence-electron chi connectivity index (χ3n) is 4.22. The first-order chi connectivity index (χ1) is 12.4. The molecule has 0 heterocycles. The molecule has 0 saturated carbocycles. The van der Waals surface area contributed by atoms with E-state index in [1.54, 1.807) is 0 Å². The monoisotopic (exact) mass is 350 g/mol. The highest BCUT2D eigenvalue weighted by Gasteiger charge is 2.10. The predicted octanol–water partition coefficient (Wildman–Crippen LogP) is 5.77. The largest absolute Gasteiger partial charge is 0.379 e. The third-order valence-corrected chi connectivity index (χ3v) is 4.22. The second-order valence-electron chi connectivity index (χ2n) is 6.69. The van der Waals surface area contributed by atoms with Gasteiger partial charge in [-0.2, -0.15) is 0 Å². The van der Waals surface area contributed by atoms with Gasteiger partial charge in [0.15, 0.2) is 0 Å². The van der Waals surface area contributed by atoms with Gasteiger partial charge in [0.25, 0.3) is 0 Å². The molecule has 25 heavy (non-hydrogen) atoms. The molecule has 0 unspecified atom stereocenters. The highest BCUT2D eigenvalue weighted by atomic mass is 16.6. The van der Waals surface area contributed by atoms with Crippen LogP contribution in [0.25, 0.3) is 0 Å². The van der Waals surface area contributed by atoms with Crippen molar-refractivity contribution in [2.24, 2.45) is 0 Å². The molecule has 3 nitrogen and oxygen atoms in total. The summed E-state index contributed by atoms with van der Waals surface area (Å²) in [5.41, 5.74) is 1.19. The van der Waals surface area contributed by atoms with Crippen molar-refractivity contribution in [1.29, 1.82) is 0 Å². The van der Waals surface area contributed by atoms with Crippen LogP contribution in [0.4, 0.5) is 0 Å². The Labute approximate surface area is 155 Å². The fourth-order valence-electron chi connectivity index (χ4n) is 2.62. The Bertz CT molecular complexity index is 364. The van der Waals surface area contributed by atoms with E-state index >= 15 is 0 Å². The zero-order valence-corrected chi connectivity index (χ0v) is 16.4. The van der Waals surface area contributed by atoms with Crippen molar-refractivity contribution in [1.82, 2.24) is 0 Å². The van der Waals surface area contributed by atoms with Gasteiger partial charge >= 0.3 is 0 Å². The molecule has 1 rings (SSSR count). The van der Waals surface area contributed by atoms with E-state index in [9.17, 15) is 0 Å². The number of unbranched alkanes of at least 4 members (excludes halogenated alkanes) is 6. The van der Waals surface area contributed by atoms with Crippen LogP contribution in [-0.4, -0.2) is 32.5 Å². The number of rotatable bonds is 17. The summed E-state index contributed by atoms with van der Waals surface area (Å²) in [6.07, 6.45) is 9.88. The van der Waals surface area contributed by atoms with Crippen molar-refractivity contribution in [2.75, 3.05) is 26.4 Å². The van der Waals surface area contributed by atoms with Gasteiger partial charge in [0.05, 0.1) is 19.8 Å². The van der Waals surface area contributed by atoms with Crippen molar-refractivity contribution in [2.45, 2.75) is 77.9 Å². The SMILES string of the molecule is CCCCCCOCC(COCCCCCC)OCc1ccccc1. The lowest BCUT2D eigenvalue weighted by atomic mass is 10.2. The minimum Gasteiger partial charge on any atom is -0.379 e. The maximum absolute atomic E-state index is 6.03. The van der Waals surface area contributed by atoms with Crippen molar-refractivity contribution in [3.05, 3.63) is 35.9 Å². The summed E-state index contributed by atoms with van der Waals surface area (Å²) in [7, 11) is 0. The van der Waals surface area contributed by atoms with Gasteiger partial charge in [-0.3, -0.25) is 0 Å². The molecular weight excluding hydrogens is 312 g/mol. The summed E-state index contributed by atoms with van der Waals surface area (Å²) >= 11 is 0. The minimum atomic E-state index is 0.0116. The van der Waals surface area contributed by atoms with Crippen LogP contribution in [0.15, 0.2) is 30.3 Å². The number of ether oxygens (including phenoxy) is 3. The molecule has 0 aromatic heterocycles. The standard InChI is InChI=1S/C22H38O3/c1-3-5-7-12-16-23-19-22(20-24-17-13-8-6-4-2)25-18-21-14-10-9-11-15-21/h9-11,14-15,22H,3-8,12-13,16-20H2,1-2H3. The topological polar surface area (TPSA) is 27.7 Å². The zero-order valence-electron chi connectivity index (χ0n) is 16.4. The highest BCUT2D eigenvalue weighted by Crippen LogP contribution is 2.07. The maximum atomic E-state index is 6.03. The van der Waals surface area contributed by atoms with Crippen molar-refractivity contribution >= 4 is 0 Å². The third kappa shape index (κ3) is 13.0. The highest BCUT2D eigenvalue weighted by molar-refractivity contribution is 5.13. The van der Waals surface area contributed by atoms with Gasteiger partial charge < -0.3 is 14.2 Å². The van der Waals surface area contributed by atoms with Crippen LogP contribution in [-0.2, 0) is 20.8 Å². The van der Waals surface area contributed by atoms with Crippen LogP contribution in [0.5, 0.6) is 0 Å². The molecule has 0 aliphatic heterocycles. The van der Waals surface area contributed by atoms with E-state index in [4.69, 9.17) is 14.2 Å². The quantitative estimate of drug-likeness (QED) is 0.334. The lowest BCUT2D eigenvalue weighted by Crippen LogP contribution is -2.26. The van der Waals surface area contributed by atoms with E-state index in [1.807, 2.05) is 18.2 Å². The van der Waals surface area contributed by atoms with Gasteiger partial charge in [0, 0.05) is 13.2 Å². The normalized spacial score (nSPS) is 11.3. The molecule has 0 fully saturated rings. The van der Waals surface area contributed by atoms with E-state index in [0.717, 1.165) is 26.1 Å². The molecular formula is C22H38O3. The minimum absolute atomic E-state index is 0.0116. The summed E-state index contributed by atoms with van der Waals surface area (Å²) in [5.74, 6) is 0. The fourth-order valence-corrected chi connectivity index (χ4v) is 2.62. The zero-order chi connectivity index (χ0) is 18.0. The molecule has 0 aliphatic rings. The average molecular weight is 351 g/mol. The first-order valence-corrected chi connectivity index (χ1v) is 10.2. The lowest BCUT2D eigenvalue weighted by molar-refractivity contribution is -0.0674. The van der Waals surface area contributed by atoms with Crippen LogP contribution in [0.3, 0.4) is 0 Å². The predicted molar refractivity (Wildman–Crippen MR) is 105 cm³/mol. The van der Waals surface area contributed by atoms with E-state index in [2.05, 4.69) is 26.0 Å². The molecule has 0 aliphatic carbocycles. The molecule has 0 atom stereocenters. The van der Waals surface area contributed by atoms with Crippen LogP contribution in [0.1, 0.15) is 70.8 Å². The first-order valence-electron chi connectivity index (χ1n) is 10.2. The van der Waals surface area contributed by atoms with Crippen molar-refractivity contribution in [3.63, 3.8) is 0 Å². The first kappa shape index (κ1) is 22.1. The van der Waals surface area contributed by atoms with Crippen LogP contribution >= 0.6 is 0 Å². The summed E-state index contributed by atoms with van der Waals surface area (Å²) in [6.45, 7) is 7.95. The second kappa shape index (κ2) is 16.6. The summed E-state index contributed by atoms with van der Waals surface area (Å²) < 4.78 is 17.7. The molecule has 0 N–H and O–H groups in total. The van der Waals surface area contributed by atoms with Gasteiger partial charge in [-0.05, 0) is 18.4 Å². The Hall–Kier alpha value is -0.900. The van der Waals surface area contributed by atoms with Gasteiger partial charge in [0.1, 0.15) is 6.10 Å². The molecule has 0 amide bonds. The van der Waals surface area contributed by atoms with Gasteiger partial charge in [-0.1, -0.05) is 82.7 Å². The lowest BCUT2D eigenvalue weighted by Gasteiger charge is -2.18. The summed E-state index contributed by atoms with van der Waals surface area (Å²) in [4.78, 5) is 0. The summed E-state index contributed by atoms with van der Waals surface area (Å²) in [5, 5.41) is 0. The number of hydrogen-bond acceptors (Lipinski definition) is 3. The maximum Gasteiger partial charge on any atom is 0.105 e. The Morgan fingerprint density at radius 2 is 1.28 bits per heavy atom. The van der Waals surface area contributed by atoms with E-state index in [-0.39, 0.29) is 6.10 Å². The van der Waals surface area contributed by atoms with Gasteiger partial charge in [0.2, 0.25) is 0 Å². The Morgan fingerprint density at radius 3 is 1.80 bits per heavy atom. The number of hydrogen-bond donors (Lipinski definition) is 0. The van der Waals surface area contributed by atoms with E-state index in [1.165, 1.54) is 44.1 Å². The molecule has 144 valence electrons. The molecule has 0 radical (unpaired) electrons. The summed E-state index contributed by atoms with van der Waals surface area (Å²) in [6, 6.07) is 10.3. The molecule has 0 spiro atoms. The average Bonchev–Trinajstić information content (AvgIpc) is 2.65. The Balaban J connectivity index is 2.22. The van der Waals surface area contributed by atoms with Crippen LogP contribution in [0.2, 0.25) is 0 Å². The molecule has 3 heteroatoms. The van der Waals surface area contributed by atoms with Crippen LogP contribution < -0.4 is 0 Å². The molecule has 0 saturated heterocycles. The molecule has 1 aromatic rings. The van der Waals surface area contributed by atoms with E-state index in [0.29, 0.717) is 19.8 Å². The second-order valence-corrected chi connectivity index (χ2v) is 6.69. The van der Waals surface area contributed by atoms with E-state index < -0.39 is 0 Å². The van der Waals surface area contributed by atoms with Crippen LogP contribution in [0, 0.1) is 0 Å². The van der Waals surface area contributed by atoms with Crippen molar-refractivity contribution in [3.8, 4) is 0 Å².